The maximum absolute atomic E-state index is 13.4. The summed E-state index contributed by atoms with van der Waals surface area (Å²) in [7, 11) is 0. The molecule has 0 aliphatic carbocycles. The summed E-state index contributed by atoms with van der Waals surface area (Å²) < 4.78 is -0.930. The number of hydrogen-bond acceptors (Lipinski definition) is 2. The van der Waals surface area contributed by atoms with Crippen LogP contribution in [0.3, 0.4) is 0 Å². The normalized spacial score (nSPS) is 12.2. The van der Waals surface area contributed by atoms with E-state index in [-0.39, 0.29) is 11.0 Å². The molecule has 32 heavy (non-hydrogen) atoms. The molecular weight excluding hydrogens is 553 g/mol. The number of carbonyl (C=O) groups excluding carboxylic acids is 1. The van der Waals surface area contributed by atoms with E-state index in [1.54, 1.807) is 0 Å². The molecule has 4 nitrogen and oxygen atoms in total. The number of amides is 1. The molecule has 0 radical (unpaired) electrons. The lowest BCUT2D eigenvalue weighted by Crippen LogP contribution is -2.57. The van der Waals surface area contributed by atoms with Gasteiger partial charge in [-0.05, 0) is 47.6 Å². The highest BCUT2D eigenvalue weighted by Crippen LogP contribution is 2.31. The predicted octanol–water partition coefficient (Wildman–Crippen LogP) is 6.38. The highest BCUT2D eigenvalue weighted by molar-refractivity contribution is 9.10. The van der Waals surface area contributed by atoms with E-state index in [1.807, 2.05) is 84.9 Å². The minimum Gasteiger partial charge on any atom is -0.339 e. The molecule has 3 rings (SSSR count). The third-order valence-corrected chi connectivity index (χ3v) is 5.92. The Balaban J connectivity index is 1.79. The minimum absolute atomic E-state index is 0.194. The molecule has 1 atom stereocenters. The molecule has 0 aliphatic rings. The Labute approximate surface area is 215 Å². The van der Waals surface area contributed by atoms with E-state index in [0.717, 1.165) is 21.3 Å². The van der Waals surface area contributed by atoms with Gasteiger partial charge in [0.1, 0.15) is 6.17 Å². The van der Waals surface area contributed by atoms with Crippen molar-refractivity contribution in [2.24, 2.45) is 0 Å². The van der Waals surface area contributed by atoms with Gasteiger partial charge in [0.05, 0.1) is 5.92 Å². The van der Waals surface area contributed by atoms with Crippen LogP contribution in [0.25, 0.3) is 0 Å². The van der Waals surface area contributed by atoms with E-state index < -0.39 is 15.9 Å². The second-order valence-corrected chi connectivity index (χ2v) is 10.5. The Morgan fingerprint density at radius 1 is 0.812 bits per heavy atom. The monoisotopic (exact) mass is 569 g/mol. The molecule has 0 aromatic heterocycles. The summed E-state index contributed by atoms with van der Waals surface area (Å²) in [6.45, 7) is 0. The van der Waals surface area contributed by atoms with Gasteiger partial charge in [-0.3, -0.25) is 4.79 Å². The van der Waals surface area contributed by atoms with Gasteiger partial charge in [-0.1, -0.05) is 111 Å². The summed E-state index contributed by atoms with van der Waals surface area (Å²) in [6, 6.07) is 26.2. The third-order valence-electron chi connectivity index (χ3n) is 4.52. The van der Waals surface area contributed by atoms with Gasteiger partial charge >= 0.3 is 0 Å². The lowest BCUT2D eigenvalue weighted by atomic mass is 9.90. The van der Waals surface area contributed by atoms with Crippen LogP contribution in [0.15, 0.2) is 89.4 Å². The molecule has 166 valence electrons. The number of rotatable bonds is 6. The predicted molar refractivity (Wildman–Crippen MR) is 140 cm³/mol. The van der Waals surface area contributed by atoms with Gasteiger partial charge in [0.15, 0.2) is 5.11 Å². The van der Waals surface area contributed by atoms with Crippen LogP contribution in [0.1, 0.15) is 17.0 Å². The SMILES string of the molecule is O=C(NC(NC(=S)Nc1ccc(Br)cc1)C(Cl)(Cl)Cl)C(c1ccccc1)c1ccccc1. The topological polar surface area (TPSA) is 53.2 Å². The zero-order valence-electron chi connectivity index (χ0n) is 16.6. The molecule has 9 heteroatoms. The van der Waals surface area contributed by atoms with Gasteiger partial charge in [-0.25, -0.2) is 0 Å². The fraction of sp³-hybridized carbons (Fsp3) is 0.130. The summed E-state index contributed by atoms with van der Waals surface area (Å²) in [5.41, 5.74) is 2.37. The molecular formula is C23H19BrCl3N3OS. The lowest BCUT2D eigenvalue weighted by molar-refractivity contribution is -0.122. The van der Waals surface area contributed by atoms with Crippen LogP contribution in [0.2, 0.25) is 0 Å². The van der Waals surface area contributed by atoms with Gasteiger partial charge in [-0.15, -0.1) is 0 Å². The standard InChI is InChI=1S/C23H19BrCl3N3OS/c24-17-11-13-18(14-12-17)28-22(32)30-21(23(25,26)27)29-20(31)19(15-7-3-1-4-8-15)16-9-5-2-6-10-16/h1-14,19,21H,(H,29,31)(H2,28,30,32). The molecule has 0 saturated heterocycles. The van der Waals surface area contributed by atoms with Crippen molar-refractivity contribution in [2.45, 2.75) is 15.9 Å². The number of carbonyl (C=O) groups is 1. The summed E-state index contributed by atoms with van der Waals surface area (Å²) in [4.78, 5) is 13.4. The number of hydrogen-bond donors (Lipinski definition) is 3. The van der Waals surface area contributed by atoms with Gasteiger partial charge in [0.2, 0.25) is 9.70 Å². The second-order valence-electron chi connectivity index (χ2n) is 6.84. The molecule has 1 unspecified atom stereocenters. The Hall–Kier alpha value is -1.83. The Kier molecular flexibility index (Phi) is 8.79. The average Bonchev–Trinajstić information content (AvgIpc) is 2.76. The van der Waals surface area contributed by atoms with Gasteiger partial charge < -0.3 is 16.0 Å². The van der Waals surface area contributed by atoms with E-state index >= 15 is 0 Å². The molecule has 3 N–H and O–H groups in total. The van der Waals surface area contributed by atoms with Crippen molar-refractivity contribution >= 4 is 79.7 Å². The fourth-order valence-corrected chi connectivity index (χ4v) is 3.87. The number of benzene rings is 3. The smallest absolute Gasteiger partial charge is 0.233 e. The van der Waals surface area contributed by atoms with E-state index in [2.05, 4.69) is 31.9 Å². The van der Waals surface area contributed by atoms with Crippen molar-refractivity contribution in [1.82, 2.24) is 10.6 Å². The largest absolute Gasteiger partial charge is 0.339 e. The van der Waals surface area contributed by atoms with E-state index in [1.165, 1.54) is 0 Å². The van der Waals surface area contributed by atoms with Crippen LogP contribution >= 0.6 is 63.0 Å². The number of thiocarbonyl (C=S) groups is 1. The highest BCUT2D eigenvalue weighted by atomic mass is 79.9. The average molecular weight is 572 g/mol. The van der Waals surface area contributed by atoms with E-state index in [0.29, 0.717) is 0 Å². The first-order valence-corrected chi connectivity index (χ1v) is 11.9. The molecule has 0 bridgehead atoms. The van der Waals surface area contributed by atoms with Crippen molar-refractivity contribution in [1.29, 1.82) is 0 Å². The molecule has 0 spiro atoms. The molecule has 0 saturated carbocycles. The van der Waals surface area contributed by atoms with Crippen molar-refractivity contribution in [3.63, 3.8) is 0 Å². The van der Waals surface area contributed by atoms with Gasteiger partial charge in [0.25, 0.3) is 0 Å². The van der Waals surface area contributed by atoms with Gasteiger partial charge in [0, 0.05) is 10.2 Å². The maximum atomic E-state index is 13.4. The van der Waals surface area contributed by atoms with Crippen LogP contribution in [-0.4, -0.2) is 21.0 Å². The number of anilines is 1. The molecule has 1 amide bonds. The van der Waals surface area contributed by atoms with Gasteiger partial charge in [-0.2, -0.15) is 0 Å². The lowest BCUT2D eigenvalue weighted by Gasteiger charge is -2.29. The first-order chi connectivity index (χ1) is 15.2. The summed E-state index contributed by atoms with van der Waals surface area (Å²) in [5, 5.41) is 8.89. The first kappa shape index (κ1) is 24.8. The number of halogens is 4. The molecule has 3 aromatic carbocycles. The summed E-state index contributed by atoms with van der Waals surface area (Å²) in [5.74, 6) is -0.931. The third kappa shape index (κ3) is 7.09. The molecule has 0 fully saturated rings. The van der Waals surface area contributed by atoms with Crippen molar-refractivity contribution in [3.05, 3.63) is 101 Å². The van der Waals surface area contributed by atoms with E-state index in [9.17, 15) is 4.79 Å². The van der Waals surface area contributed by atoms with Crippen LogP contribution in [0.5, 0.6) is 0 Å². The number of nitrogens with one attached hydrogen (secondary N) is 3. The molecule has 3 aromatic rings. The quantitative estimate of drug-likeness (QED) is 0.183. The highest BCUT2D eigenvalue weighted by Gasteiger charge is 2.36. The number of alkyl halides is 3. The second kappa shape index (κ2) is 11.3. The van der Waals surface area contributed by atoms with Crippen LogP contribution in [-0.2, 0) is 4.79 Å². The van der Waals surface area contributed by atoms with E-state index in [4.69, 9.17) is 47.0 Å². The molecule has 0 aliphatic heterocycles. The maximum Gasteiger partial charge on any atom is 0.233 e. The van der Waals surface area contributed by atoms with Crippen molar-refractivity contribution < 1.29 is 4.79 Å². The summed E-state index contributed by atoms with van der Waals surface area (Å²) >= 11 is 27.2. The van der Waals surface area contributed by atoms with Crippen molar-refractivity contribution in [2.75, 3.05) is 5.32 Å². The first-order valence-electron chi connectivity index (χ1n) is 9.54. The zero-order chi connectivity index (χ0) is 23.1. The van der Waals surface area contributed by atoms with Crippen molar-refractivity contribution in [3.8, 4) is 0 Å². The minimum atomic E-state index is -1.86. The fourth-order valence-electron chi connectivity index (χ4n) is 3.04. The summed E-state index contributed by atoms with van der Waals surface area (Å²) in [6.07, 6.45) is -1.08. The van der Waals surface area contributed by atoms with Crippen LogP contribution < -0.4 is 16.0 Å². The Bertz CT molecular complexity index is 1010. The van der Waals surface area contributed by atoms with Crippen LogP contribution in [0.4, 0.5) is 5.69 Å². The Morgan fingerprint density at radius 2 is 1.31 bits per heavy atom. The zero-order valence-corrected chi connectivity index (χ0v) is 21.2. The Morgan fingerprint density at radius 3 is 1.78 bits per heavy atom. The van der Waals surface area contributed by atoms with Crippen LogP contribution in [0, 0.1) is 0 Å². The molecule has 0 heterocycles.